The van der Waals surface area contributed by atoms with Crippen molar-refractivity contribution < 1.29 is 4.79 Å². The van der Waals surface area contributed by atoms with Crippen LogP contribution in [0.1, 0.15) is 37.8 Å². The van der Waals surface area contributed by atoms with E-state index in [0.29, 0.717) is 18.3 Å². The third-order valence-electron chi connectivity index (χ3n) is 2.82. The molecule has 1 heteroatoms. The molecule has 0 fully saturated rings. The van der Waals surface area contributed by atoms with Crippen molar-refractivity contribution in [1.29, 1.82) is 0 Å². The van der Waals surface area contributed by atoms with Crippen LogP contribution in [0.4, 0.5) is 0 Å². The normalized spacial score (nSPS) is 12.9. The lowest BCUT2D eigenvalue weighted by molar-refractivity contribution is -0.107. The van der Waals surface area contributed by atoms with E-state index < -0.39 is 0 Å². The molecule has 0 aromatic heterocycles. The third kappa shape index (κ3) is 2.69. The van der Waals surface area contributed by atoms with Crippen LogP contribution in [0, 0.1) is 5.92 Å². The van der Waals surface area contributed by atoms with Gasteiger partial charge in [-0.05, 0) is 23.0 Å². The second kappa shape index (κ2) is 4.94. The summed E-state index contributed by atoms with van der Waals surface area (Å²) >= 11 is 0. The average Bonchev–Trinajstić information content (AvgIpc) is 2.18. The zero-order valence-electron chi connectivity index (χ0n) is 9.16. The minimum Gasteiger partial charge on any atom is -0.303 e. The Hall–Kier alpha value is -1.11. The number of hydrogen-bond donors (Lipinski definition) is 0. The molecule has 14 heavy (non-hydrogen) atoms. The van der Waals surface area contributed by atoms with E-state index in [-0.39, 0.29) is 0 Å². The molecule has 1 atom stereocenters. The van der Waals surface area contributed by atoms with Crippen LogP contribution in [0.15, 0.2) is 24.3 Å². The van der Waals surface area contributed by atoms with Gasteiger partial charge < -0.3 is 4.79 Å². The summed E-state index contributed by atoms with van der Waals surface area (Å²) in [6.45, 7) is 6.69. The third-order valence-corrected chi connectivity index (χ3v) is 2.82. The Morgan fingerprint density at radius 2 is 1.71 bits per heavy atom. The van der Waals surface area contributed by atoms with E-state index in [1.54, 1.807) is 0 Å². The molecule has 1 aromatic rings. The summed E-state index contributed by atoms with van der Waals surface area (Å²) < 4.78 is 0. The maximum atomic E-state index is 10.3. The lowest BCUT2D eigenvalue weighted by Gasteiger charge is -2.15. The maximum Gasteiger partial charge on any atom is 0.124 e. The number of carbonyl (C=O) groups is 1. The fourth-order valence-electron chi connectivity index (χ4n) is 1.44. The molecule has 1 aromatic carbocycles. The summed E-state index contributed by atoms with van der Waals surface area (Å²) in [4.78, 5) is 10.3. The largest absolute Gasteiger partial charge is 0.303 e. The molecule has 0 bridgehead atoms. The van der Waals surface area contributed by atoms with Gasteiger partial charge in [0.05, 0.1) is 0 Å². The van der Waals surface area contributed by atoms with Crippen molar-refractivity contribution in [2.45, 2.75) is 33.1 Å². The van der Waals surface area contributed by atoms with Crippen LogP contribution in [-0.4, -0.2) is 6.29 Å². The van der Waals surface area contributed by atoms with E-state index in [4.69, 9.17) is 0 Å². The van der Waals surface area contributed by atoms with Crippen LogP contribution in [-0.2, 0) is 11.2 Å². The van der Waals surface area contributed by atoms with Gasteiger partial charge in [-0.2, -0.15) is 0 Å². The molecule has 0 radical (unpaired) electrons. The highest BCUT2D eigenvalue weighted by atomic mass is 16.1. The highest BCUT2D eigenvalue weighted by molar-refractivity contribution is 5.54. The number of carbonyl (C=O) groups excluding carboxylic acids is 1. The molecule has 0 spiro atoms. The number of benzene rings is 1. The minimum absolute atomic E-state index is 0.524. The van der Waals surface area contributed by atoms with Crippen LogP contribution in [0.25, 0.3) is 0 Å². The molecular weight excluding hydrogens is 172 g/mol. The van der Waals surface area contributed by atoms with Crippen LogP contribution >= 0.6 is 0 Å². The van der Waals surface area contributed by atoms with Crippen LogP contribution in [0.5, 0.6) is 0 Å². The van der Waals surface area contributed by atoms with Gasteiger partial charge in [0.1, 0.15) is 6.29 Å². The Morgan fingerprint density at radius 3 is 2.14 bits per heavy atom. The molecule has 1 nitrogen and oxygen atoms in total. The van der Waals surface area contributed by atoms with Gasteiger partial charge in [-0.1, -0.05) is 45.0 Å². The summed E-state index contributed by atoms with van der Waals surface area (Å²) in [5.74, 6) is 1.24. The minimum atomic E-state index is 0.524. The molecule has 0 saturated carbocycles. The summed E-state index contributed by atoms with van der Waals surface area (Å²) in [7, 11) is 0. The average molecular weight is 190 g/mol. The highest BCUT2D eigenvalue weighted by Gasteiger charge is 2.08. The molecule has 0 aliphatic rings. The molecule has 0 heterocycles. The van der Waals surface area contributed by atoms with Crippen molar-refractivity contribution in [3.05, 3.63) is 35.4 Å². The fraction of sp³-hybridized carbons (Fsp3) is 0.462. The van der Waals surface area contributed by atoms with Crippen molar-refractivity contribution in [3.63, 3.8) is 0 Å². The van der Waals surface area contributed by atoms with E-state index in [1.165, 1.54) is 5.56 Å². The fourth-order valence-corrected chi connectivity index (χ4v) is 1.44. The molecule has 0 N–H and O–H groups in total. The molecule has 0 aliphatic carbocycles. The SMILES string of the molecule is CC(C)C(C)c1ccc(CC=O)cc1. The van der Waals surface area contributed by atoms with Gasteiger partial charge in [-0.3, -0.25) is 0 Å². The van der Waals surface area contributed by atoms with Gasteiger partial charge in [-0.15, -0.1) is 0 Å². The Morgan fingerprint density at radius 1 is 1.14 bits per heavy atom. The number of aldehydes is 1. The Bertz CT molecular complexity index is 285. The standard InChI is InChI=1S/C13H18O/c1-10(2)11(3)13-6-4-12(5-7-13)8-9-14/h4-7,9-11H,8H2,1-3H3. The molecule has 0 saturated heterocycles. The Kier molecular flexibility index (Phi) is 3.87. The lowest BCUT2D eigenvalue weighted by Crippen LogP contribution is -2.01. The van der Waals surface area contributed by atoms with E-state index in [1.807, 2.05) is 12.1 Å². The van der Waals surface area contributed by atoms with Crippen molar-refractivity contribution >= 4 is 6.29 Å². The van der Waals surface area contributed by atoms with Gasteiger partial charge in [0.25, 0.3) is 0 Å². The number of rotatable bonds is 4. The van der Waals surface area contributed by atoms with Crippen LogP contribution < -0.4 is 0 Å². The van der Waals surface area contributed by atoms with Crippen LogP contribution in [0.2, 0.25) is 0 Å². The summed E-state index contributed by atoms with van der Waals surface area (Å²) in [6.07, 6.45) is 1.47. The quantitative estimate of drug-likeness (QED) is 0.666. The highest BCUT2D eigenvalue weighted by Crippen LogP contribution is 2.23. The smallest absolute Gasteiger partial charge is 0.124 e. The van der Waals surface area contributed by atoms with E-state index >= 15 is 0 Å². The topological polar surface area (TPSA) is 17.1 Å². The first kappa shape index (κ1) is 11.0. The zero-order chi connectivity index (χ0) is 10.6. The second-order valence-electron chi connectivity index (χ2n) is 4.15. The van der Waals surface area contributed by atoms with Gasteiger partial charge in [0, 0.05) is 6.42 Å². The first-order valence-corrected chi connectivity index (χ1v) is 5.17. The monoisotopic (exact) mass is 190 g/mol. The first-order valence-electron chi connectivity index (χ1n) is 5.17. The second-order valence-corrected chi connectivity index (χ2v) is 4.15. The van der Waals surface area contributed by atoms with Gasteiger partial charge >= 0.3 is 0 Å². The molecule has 0 amide bonds. The van der Waals surface area contributed by atoms with Crippen molar-refractivity contribution in [1.82, 2.24) is 0 Å². The van der Waals surface area contributed by atoms with Crippen molar-refractivity contribution in [2.24, 2.45) is 5.92 Å². The zero-order valence-corrected chi connectivity index (χ0v) is 9.16. The lowest BCUT2D eigenvalue weighted by atomic mass is 9.90. The van der Waals surface area contributed by atoms with Crippen molar-refractivity contribution in [2.75, 3.05) is 0 Å². The first-order chi connectivity index (χ1) is 6.65. The maximum absolute atomic E-state index is 10.3. The van der Waals surface area contributed by atoms with E-state index in [2.05, 4.69) is 32.9 Å². The summed E-state index contributed by atoms with van der Waals surface area (Å²) in [5.41, 5.74) is 2.45. The molecule has 0 aliphatic heterocycles. The molecule has 1 unspecified atom stereocenters. The van der Waals surface area contributed by atoms with Gasteiger partial charge in [-0.25, -0.2) is 0 Å². The summed E-state index contributed by atoms with van der Waals surface area (Å²) in [5, 5.41) is 0. The van der Waals surface area contributed by atoms with Crippen LogP contribution in [0.3, 0.4) is 0 Å². The molecular formula is C13H18O. The predicted molar refractivity (Wildman–Crippen MR) is 59.5 cm³/mol. The molecule has 76 valence electrons. The van der Waals surface area contributed by atoms with Gasteiger partial charge in [0.2, 0.25) is 0 Å². The van der Waals surface area contributed by atoms with Gasteiger partial charge in [0.15, 0.2) is 0 Å². The summed E-state index contributed by atoms with van der Waals surface area (Å²) in [6, 6.07) is 8.35. The Balaban J connectivity index is 2.77. The molecule has 1 rings (SSSR count). The van der Waals surface area contributed by atoms with E-state index in [0.717, 1.165) is 11.8 Å². The number of hydrogen-bond acceptors (Lipinski definition) is 1. The Labute approximate surface area is 86.1 Å². The van der Waals surface area contributed by atoms with E-state index in [9.17, 15) is 4.79 Å². The predicted octanol–water partition coefficient (Wildman–Crippen LogP) is 3.19. The van der Waals surface area contributed by atoms with Crippen molar-refractivity contribution in [3.8, 4) is 0 Å².